The number of rotatable bonds is 10. The number of anilines is 3. The van der Waals surface area contributed by atoms with Crippen LogP contribution in [0.5, 0.6) is 0 Å². The summed E-state index contributed by atoms with van der Waals surface area (Å²) in [6.07, 6.45) is 8.33. The van der Waals surface area contributed by atoms with Crippen molar-refractivity contribution < 1.29 is 18.8 Å². The molecule has 3 amide bonds. The molecule has 0 aliphatic carbocycles. The van der Waals surface area contributed by atoms with Crippen LogP contribution in [0.1, 0.15) is 66.1 Å². The van der Waals surface area contributed by atoms with Gasteiger partial charge in [-0.1, -0.05) is 12.1 Å². The normalized spacial score (nSPS) is 20.0. The van der Waals surface area contributed by atoms with Crippen LogP contribution in [0.25, 0.3) is 22.2 Å². The number of likely N-dealkylation sites (tertiary alicyclic amines) is 2. The molecule has 0 bridgehead atoms. The minimum atomic E-state index is -0.663. The van der Waals surface area contributed by atoms with Crippen molar-refractivity contribution in [3.63, 3.8) is 0 Å². The number of pyridine rings is 3. The van der Waals surface area contributed by atoms with E-state index in [1.807, 2.05) is 47.6 Å². The molecular weight excluding hydrogens is 774 g/mol. The molecule has 318 valence electrons. The number of fused-ring (bicyclic) bond motifs is 1. The third-order valence-corrected chi connectivity index (χ3v) is 13.2. The number of nitrogen functional groups attached to an aromatic ring is 1. The van der Waals surface area contributed by atoms with Gasteiger partial charge in [-0.15, -0.1) is 0 Å². The number of carbonyl (C=O) groups is 3. The number of aryl methyl sites for hydroxylation is 1. The van der Waals surface area contributed by atoms with E-state index in [1.165, 1.54) is 11.3 Å². The average molecular weight is 828 g/mol. The topological polar surface area (TPSA) is 158 Å². The zero-order valence-corrected chi connectivity index (χ0v) is 34.7. The van der Waals surface area contributed by atoms with Crippen LogP contribution in [-0.4, -0.2) is 117 Å². The maximum atomic E-state index is 14.9. The van der Waals surface area contributed by atoms with E-state index in [9.17, 15) is 18.8 Å². The highest BCUT2D eigenvalue weighted by Crippen LogP contribution is 2.33. The number of nitrogens with zero attached hydrogens (tertiary/aromatic N) is 8. The third kappa shape index (κ3) is 8.94. The van der Waals surface area contributed by atoms with Gasteiger partial charge in [0, 0.05) is 100 Å². The lowest BCUT2D eigenvalue weighted by Gasteiger charge is -2.39. The molecule has 5 aromatic rings. The molecule has 1 unspecified atom stereocenters. The number of halogens is 1. The van der Waals surface area contributed by atoms with Crippen molar-refractivity contribution >= 4 is 46.1 Å². The number of nitrogens with one attached hydrogen (secondary N) is 2. The summed E-state index contributed by atoms with van der Waals surface area (Å²) in [6.45, 7) is 8.61. The van der Waals surface area contributed by atoms with Crippen molar-refractivity contribution in [1.29, 1.82) is 0 Å². The van der Waals surface area contributed by atoms with Gasteiger partial charge < -0.3 is 25.4 Å². The van der Waals surface area contributed by atoms with Crippen molar-refractivity contribution in [2.75, 3.05) is 74.9 Å². The molecule has 9 rings (SSSR count). The van der Waals surface area contributed by atoms with Crippen molar-refractivity contribution in [3.8, 4) is 11.1 Å². The summed E-state index contributed by atoms with van der Waals surface area (Å²) in [6, 6.07) is 19.3. The number of hydrogen-bond donors (Lipinski definition) is 3. The Kier molecular flexibility index (Phi) is 11.7. The predicted octanol–water partition coefficient (Wildman–Crippen LogP) is 5.02. The lowest BCUT2D eigenvalue weighted by molar-refractivity contribution is -0.133. The van der Waals surface area contributed by atoms with E-state index in [4.69, 9.17) is 10.7 Å². The van der Waals surface area contributed by atoms with Gasteiger partial charge in [-0.2, -0.15) is 4.39 Å². The molecule has 4 aromatic heterocycles. The number of benzene rings is 1. The molecule has 1 aromatic carbocycles. The summed E-state index contributed by atoms with van der Waals surface area (Å²) in [5, 5.41) is 6.30. The molecule has 0 saturated carbocycles. The predicted molar refractivity (Wildman–Crippen MR) is 233 cm³/mol. The van der Waals surface area contributed by atoms with Gasteiger partial charge in [0.25, 0.3) is 5.91 Å². The first-order chi connectivity index (χ1) is 29.6. The van der Waals surface area contributed by atoms with Gasteiger partial charge in [0.2, 0.25) is 17.8 Å². The van der Waals surface area contributed by atoms with Crippen molar-refractivity contribution in [1.82, 2.24) is 39.5 Å². The number of carbonyl (C=O) groups excluding carboxylic acids is 3. The molecule has 0 radical (unpaired) electrons. The Balaban J connectivity index is 0.705. The molecule has 1 atom stereocenters. The molecule has 14 nitrogen and oxygen atoms in total. The van der Waals surface area contributed by atoms with Crippen molar-refractivity contribution in [2.24, 2.45) is 13.0 Å². The second kappa shape index (κ2) is 17.6. The lowest BCUT2D eigenvalue weighted by Crippen LogP contribution is -2.49. The van der Waals surface area contributed by atoms with E-state index in [2.05, 4.69) is 65.1 Å². The fraction of sp³-hybridized carbons (Fsp3) is 0.435. The van der Waals surface area contributed by atoms with Gasteiger partial charge in [0.1, 0.15) is 23.3 Å². The van der Waals surface area contributed by atoms with Gasteiger partial charge in [0.05, 0.1) is 5.69 Å². The smallest absolute Gasteiger partial charge is 0.253 e. The van der Waals surface area contributed by atoms with Crippen LogP contribution in [0.4, 0.5) is 21.7 Å². The van der Waals surface area contributed by atoms with E-state index >= 15 is 0 Å². The number of piperazine rings is 1. The molecule has 4 fully saturated rings. The molecule has 4 saturated heterocycles. The largest absolute Gasteiger partial charge is 0.384 e. The zero-order valence-electron chi connectivity index (χ0n) is 34.7. The second-order valence-electron chi connectivity index (χ2n) is 17.1. The highest BCUT2D eigenvalue weighted by molar-refractivity contribution is 6.01. The van der Waals surface area contributed by atoms with Crippen LogP contribution < -0.4 is 21.3 Å². The number of nitrogens with two attached hydrogens (primary N) is 1. The molecule has 8 heterocycles. The zero-order chi connectivity index (χ0) is 42.0. The van der Waals surface area contributed by atoms with E-state index < -0.39 is 17.9 Å². The van der Waals surface area contributed by atoms with E-state index in [0.717, 1.165) is 119 Å². The van der Waals surface area contributed by atoms with Crippen LogP contribution in [0, 0.1) is 11.9 Å². The van der Waals surface area contributed by atoms with Gasteiger partial charge in [-0.3, -0.25) is 29.5 Å². The highest BCUT2D eigenvalue weighted by atomic mass is 19.1. The van der Waals surface area contributed by atoms with Gasteiger partial charge in [-0.05, 0) is 117 Å². The number of piperidine rings is 3. The summed E-state index contributed by atoms with van der Waals surface area (Å²) >= 11 is 0. The molecular formula is C46H54FN11O3. The fourth-order valence-corrected chi connectivity index (χ4v) is 9.54. The molecule has 15 heteroatoms. The van der Waals surface area contributed by atoms with Crippen LogP contribution in [0.2, 0.25) is 0 Å². The maximum absolute atomic E-state index is 14.9. The van der Waals surface area contributed by atoms with Crippen LogP contribution >= 0.6 is 0 Å². The van der Waals surface area contributed by atoms with Crippen LogP contribution in [0.15, 0.2) is 73.1 Å². The summed E-state index contributed by atoms with van der Waals surface area (Å²) in [5.41, 5.74) is 12.4. The van der Waals surface area contributed by atoms with Crippen LogP contribution in [0.3, 0.4) is 0 Å². The summed E-state index contributed by atoms with van der Waals surface area (Å²) in [7, 11) is 2.10. The highest BCUT2D eigenvalue weighted by Gasteiger charge is 2.30. The van der Waals surface area contributed by atoms with E-state index in [0.29, 0.717) is 29.9 Å². The molecule has 4 aliphatic heterocycles. The van der Waals surface area contributed by atoms with Crippen molar-refractivity contribution in [2.45, 2.75) is 57.0 Å². The number of amides is 3. The Morgan fingerprint density at radius 2 is 1.64 bits per heavy atom. The average Bonchev–Trinajstić information content (AvgIpc) is 3.60. The second-order valence-corrected chi connectivity index (χ2v) is 17.1. The maximum Gasteiger partial charge on any atom is 0.253 e. The standard InChI is InChI=1S/C46H54FN11O3/c1-54-35(26-37-36(12-17-49-44(37)54)34-6-9-40(48)50-27-34)29-55-18-15-32(16-19-55)31-2-4-33(5-3-31)46(61)58-20-13-30(14-21-58)28-56-22-24-57(25-23-56)41-10-7-38(43(47)52-41)51-39-8-11-42(59)53-45(39)60/h2-7,9-10,12,17,26-27,30,32,39,51H,8,11,13-16,18-25,28-29H2,1H3,(H2,48,50)(H,53,59,60). The summed E-state index contributed by atoms with van der Waals surface area (Å²) < 4.78 is 17.2. The first-order valence-corrected chi connectivity index (χ1v) is 21.7. The first kappa shape index (κ1) is 40.5. The SMILES string of the molecule is Cn1c(CN2CCC(c3ccc(C(=O)N4CCC(CN5CCN(c6ccc(NC7CCC(=O)NC7=O)c(F)n6)CC5)CC4)cc3)CC2)cc2c(-c3ccc(N)nc3)ccnc21. The minimum Gasteiger partial charge on any atom is -0.384 e. The molecule has 61 heavy (non-hydrogen) atoms. The Morgan fingerprint density at radius 1 is 0.869 bits per heavy atom. The third-order valence-electron chi connectivity index (χ3n) is 13.2. The van der Waals surface area contributed by atoms with Gasteiger partial charge in [0.15, 0.2) is 0 Å². The number of imide groups is 1. The summed E-state index contributed by atoms with van der Waals surface area (Å²) in [4.78, 5) is 59.4. The van der Waals surface area contributed by atoms with Crippen molar-refractivity contribution in [3.05, 3.63) is 95.8 Å². The monoisotopic (exact) mass is 827 g/mol. The molecule has 0 spiro atoms. The Labute approximate surface area is 355 Å². The molecule has 4 aliphatic rings. The minimum absolute atomic E-state index is 0.117. The fourth-order valence-electron chi connectivity index (χ4n) is 9.54. The van der Waals surface area contributed by atoms with Gasteiger partial charge >= 0.3 is 0 Å². The Bertz CT molecular complexity index is 2380. The van der Waals surface area contributed by atoms with E-state index in [1.54, 1.807) is 12.1 Å². The first-order valence-electron chi connectivity index (χ1n) is 21.7. The van der Waals surface area contributed by atoms with E-state index in [-0.39, 0.29) is 23.9 Å². The Morgan fingerprint density at radius 3 is 2.34 bits per heavy atom. The Hall–Kier alpha value is -5.93. The molecule has 4 N–H and O–H groups in total. The quantitative estimate of drug-likeness (QED) is 0.128. The lowest BCUT2D eigenvalue weighted by atomic mass is 9.88. The number of aromatic nitrogens is 4. The van der Waals surface area contributed by atoms with Gasteiger partial charge in [-0.25, -0.2) is 15.0 Å². The van der Waals surface area contributed by atoms with Crippen LogP contribution in [-0.2, 0) is 23.2 Å². The number of hydrogen-bond acceptors (Lipinski definition) is 11. The summed E-state index contributed by atoms with van der Waals surface area (Å²) in [5.74, 6) is 0.790.